The summed E-state index contributed by atoms with van der Waals surface area (Å²) < 4.78 is 11.8. The molecule has 7 heteroatoms. The molecule has 0 spiro atoms. The summed E-state index contributed by atoms with van der Waals surface area (Å²) in [6.45, 7) is 6.08. The SMILES string of the molecule is CN=C(NCc1ccc(N2CC=CC2)cc1)N1CCOC(C2CCCO2)C1.I. The largest absolute Gasteiger partial charge is 0.375 e. The summed E-state index contributed by atoms with van der Waals surface area (Å²) in [5, 5.41) is 3.51. The Labute approximate surface area is 185 Å². The fourth-order valence-corrected chi connectivity index (χ4v) is 4.02. The van der Waals surface area contributed by atoms with E-state index in [1.807, 2.05) is 7.05 Å². The Morgan fingerprint density at radius 1 is 1.11 bits per heavy atom. The lowest BCUT2D eigenvalue weighted by molar-refractivity contribution is -0.0817. The highest BCUT2D eigenvalue weighted by atomic mass is 127. The van der Waals surface area contributed by atoms with Gasteiger partial charge in [-0.2, -0.15) is 0 Å². The van der Waals surface area contributed by atoms with E-state index in [4.69, 9.17) is 9.47 Å². The fourth-order valence-electron chi connectivity index (χ4n) is 4.02. The molecule has 3 aliphatic rings. The molecule has 0 aliphatic carbocycles. The number of guanidine groups is 1. The third-order valence-corrected chi connectivity index (χ3v) is 5.55. The Kier molecular flexibility index (Phi) is 7.99. The third-order valence-electron chi connectivity index (χ3n) is 5.55. The molecule has 2 atom stereocenters. The first-order valence-electron chi connectivity index (χ1n) is 10.0. The van der Waals surface area contributed by atoms with E-state index in [0.717, 1.165) is 64.7 Å². The molecule has 3 heterocycles. The van der Waals surface area contributed by atoms with Gasteiger partial charge in [-0.3, -0.25) is 4.99 Å². The molecular weight excluding hydrogens is 467 g/mol. The summed E-state index contributed by atoms with van der Waals surface area (Å²) in [6, 6.07) is 8.80. The second kappa shape index (κ2) is 10.5. The van der Waals surface area contributed by atoms with Crippen molar-refractivity contribution in [1.82, 2.24) is 10.2 Å². The molecule has 0 bridgehead atoms. The first-order valence-corrected chi connectivity index (χ1v) is 10.0. The van der Waals surface area contributed by atoms with Crippen molar-refractivity contribution in [3.8, 4) is 0 Å². The Balaban J connectivity index is 0.00000225. The lowest BCUT2D eigenvalue weighted by atomic mass is 10.1. The van der Waals surface area contributed by atoms with Gasteiger partial charge in [-0.15, -0.1) is 24.0 Å². The number of morpholine rings is 1. The van der Waals surface area contributed by atoms with Crippen LogP contribution in [0.5, 0.6) is 0 Å². The van der Waals surface area contributed by atoms with Gasteiger partial charge in [0, 0.05) is 52.1 Å². The zero-order valence-electron chi connectivity index (χ0n) is 16.5. The van der Waals surface area contributed by atoms with Crippen molar-refractivity contribution in [3.63, 3.8) is 0 Å². The second-order valence-electron chi connectivity index (χ2n) is 7.35. The number of benzene rings is 1. The van der Waals surface area contributed by atoms with Crippen molar-refractivity contribution in [3.05, 3.63) is 42.0 Å². The van der Waals surface area contributed by atoms with Gasteiger partial charge in [0.15, 0.2) is 5.96 Å². The molecule has 4 rings (SSSR count). The predicted molar refractivity (Wildman–Crippen MR) is 124 cm³/mol. The second-order valence-corrected chi connectivity index (χ2v) is 7.35. The number of halogens is 1. The lowest BCUT2D eigenvalue weighted by Gasteiger charge is -2.37. The molecule has 1 N–H and O–H groups in total. The van der Waals surface area contributed by atoms with E-state index in [0.29, 0.717) is 0 Å². The average Bonchev–Trinajstić information content (AvgIpc) is 3.43. The van der Waals surface area contributed by atoms with E-state index in [-0.39, 0.29) is 36.2 Å². The number of nitrogens with zero attached hydrogens (tertiary/aromatic N) is 3. The quantitative estimate of drug-likeness (QED) is 0.300. The Morgan fingerprint density at radius 3 is 2.54 bits per heavy atom. The molecule has 1 aromatic rings. The smallest absolute Gasteiger partial charge is 0.194 e. The maximum atomic E-state index is 5.95. The normalized spacial score (nSPS) is 25.1. The summed E-state index contributed by atoms with van der Waals surface area (Å²) in [4.78, 5) is 9.14. The average molecular weight is 498 g/mol. The van der Waals surface area contributed by atoms with Crippen molar-refractivity contribution >= 4 is 35.6 Å². The first-order chi connectivity index (χ1) is 13.3. The van der Waals surface area contributed by atoms with Crippen LogP contribution in [0, 0.1) is 0 Å². The van der Waals surface area contributed by atoms with Crippen LogP contribution in [0.3, 0.4) is 0 Å². The van der Waals surface area contributed by atoms with Crippen LogP contribution in [0.1, 0.15) is 18.4 Å². The minimum absolute atomic E-state index is 0. The van der Waals surface area contributed by atoms with Crippen LogP contribution in [0.25, 0.3) is 0 Å². The molecule has 0 amide bonds. The molecule has 2 saturated heterocycles. The minimum Gasteiger partial charge on any atom is -0.375 e. The Morgan fingerprint density at radius 2 is 1.86 bits per heavy atom. The van der Waals surface area contributed by atoms with E-state index >= 15 is 0 Å². The maximum Gasteiger partial charge on any atom is 0.194 e. The summed E-state index contributed by atoms with van der Waals surface area (Å²) in [5.74, 6) is 0.939. The van der Waals surface area contributed by atoms with Crippen molar-refractivity contribution in [2.45, 2.75) is 31.6 Å². The molecule has 2 unspecified atom stereocenters. The van der Waals surface area contributed by atoms with Gasteiger partial charge >= 0.3 is 0 Å². The van der Waals surface area contributed by atoms with Gasteiger partial charge in [0.2, 0.25) is 0 Å². The maximum absolute atomic E-state index is 5.95. The van der Waals surface area contributed by atoms with Crippen LogP contribution in [0.4, 0.5) is 5.69 Å². The Hall–Kier alpha value is -1.32. The first kappa shape index (κ1) is 21.4. The summed E-state index contributed by atoms with van der Waals surface area (Å²) in [6.07, 6.45) is 7.05. The zero-order chi connectivity index (χ0) is 18.5. The van der Waals surface area contributed by atoms with Crippen LogP contribution in [0.15, 0.2) is 41.4 Å². The number of aliphatic imine (C=N–C) groups is 1. The van der Waals surface area contributed by atoms with E-state index in [9.17, 15) is 0 Å². The molecule has 0 aromatic heterocycles. The molecule has 3 aliphatic heterocycles. The standard InChI is InChI=1S/C21H30N4O2.HI/c1-22-21(25-12-14-27-20(16-25)19-5-4-13-26-19)23-15-17-6-8-18(9-7-17)24-10-2-3-11-24;/h2-3,6-9,19-20H,4-5,10-16H2,1H3,(H,22,23);1H. The Bertz CT molecular complexity index is 665. The number of hydrogen-bond donors (Lipinski definition) is 1. The zero-order valence-corrected chi connectivity index (χ0v) is 18.9. The van der Waals surface area contributed by atoms with Crippen molar-refractivity contribution in [2.75, 3.05) is 51.3 Å². The highest BCUT2D eigenvalue weighted by molar-refractivity contribution is 14.0. The van der Waals surface area contributed by atoms with Gasteiger partial charge in [0.1, 0.15) is 6.10 Å². The number of hydrogen-bond acceptors (Lipinski definition) is 4. The van der Waals surface area contributed by atoms with Crippen LogP contribution in [-0.4, -0.2) is 69.5 Å². The summed E-state index contributed by atoms with van der Waals surface area (Å²) in [7, 11) is 1.85. The third kappa shape index (κ3) is 5.18. The number of ether oxygens (including phenoxy) is 2. The van der Waals surface area contributed by atoms with Gasteiger partial charge in [-0.05, 0) is 30.5 Å². The lowest BCUT2D eigenvalue weighted by Crippen LogP contribution is -2.53. The predicted octanol–water partition coefficient (Wildman–Crippen LogP) is 2.64. The van der Waals surface area contributed by atoms with Gasteiger partial charge in [0.05, 0.1) is 12.7 Å². The molecular formula is C21H31IN4O2. The molecule has 0 radical (unpaired) electrons. The van der Waals surface area contributed by atoms with Gasteiger partial charge in [0.25, 0.3) is 0 Å². The number of anilines is 1. The molecule has 2 fully saturated rings. The highest BCUT2D eigenvalue weighted by Crippen LogP contribution is 2.21. The fraction of sp³-hybridized carbons (Fsp3) is 0.571. The van der Waals surface area contributed by atoms with Gasteiger partial charge in [-0.1, -0.05) is 24.3 Å². The molecule has 154 valence electrons. The highest BCUT2D eigenvalue weighted by Gasteiger charge is 2.32. The topological polar surface area (TPSA) is 49.3 Å². The van der Waals surface area contributed by atoms with Crippen LogP contribution in [-0.2, 0) is 16.0 Å². The van der Waals surface area contributed by atoms with Crippen LogP contribution in [0.2, 0.25) is 0 Å². The molecule has 0 saturated carbocycles. The van der Waals surface area contributed by atoms with Crippen LogP contribution >= 0.6 is 24.0 Å². The minimum atomic E-state index is 0. The van der Waals surface area contributed by atoms with Gasteiger partial charge in [-0.25, -0.2) is 0 Å². The summed E-state index contributed by atoms with van der Waals surface area (Å²) in [5.41, 5.74) is 2.54. The van der Waals surface area contributed by atoms with Crippen molar-refractivity contribution in [2.24, 2.45) is 4.99 Å². The van der Waals surface area contributed by atoms with Crippen LogP contribution < -0.4 is 10.2 Å². The van der Waals surface area contributed by atoms with E-state index in [1.54, 1.807) is 0 Å². The summed E-state index contributed by atoms with van der Waals surface area (Å²) >= 11 is 0. The van der Waals surface area contributed by atoms with E-state index < -0.39 is 0 Å². The molecule has 28 heavy (non-hydrogen) atoms. The molecule has 1 aromatic carbocycles. The molecule has 6 nitrogen and oxygen atoms in total. The number of nitrogens with one attached hydrogen (secondary N) is 1. The van der Waals surface area contributed by atoms with Crippen molar-refractivity contribution < 1.29 is 9.47 Å². The monoisotopic (exact) mass is 498 g/mol. The van der Waals surface area contributed by atoms with E-state index in [1.165, 1.54) is 11.3 Å². The number of rotatable bonds is 4. The van der Waals surface area contributed by atoms with Crippen molar-refractivity contribution in [1.29, 1.82) is 0 Å². The van der Waals surface area contributed by atoms with Gasteiger partial charge < -0.3 is 24.6 Å². The van der Waals surface area contributed by atoms with E-state index in [2.05, 4.69) is 56.5 Å².